The molecule has 0 saturated carbocycles. The van der Waals surface area contributed by atoms with Crippen molar-refractivity contribution in [3.63, 3.8) is 0 Å². The Balaban J connectivity index is 1.77. The summed E-state index contributed by atoms with van der Waals surface area (Å²) in [6.45, 7) is 11.3. The molecule has 1 atom stereocenters. The van der Waals surface area contributed by atoms with Gasteiger partial charge in [0.15, 0.2) is 0 Å². The van der Waals surface area contributed by atoms with Crippen LogP contribution in [0.2, 0.25) is 0 Å². The molecule has 1 aliphatic heterocycles. The number of rotatable bonds is 3. The molecule has 1 saturated heterocycles. The number of hydrogen-bond acceptors (Lipinski definition) is 4. The van der Waals surface area contributed by atoms with E-state index < -0.39 is 5.25 Å². The summed E-state index contributed by atoms with van der Waals surface area (Å²) in [7, 11) is 0. The van der Waals surface area contributed by atoms with Crippen LogP contribution >= 0.6 is 11.8 Å². The van der Waals surface area contributed by atoms with Crippen LogP contribution in [0.5, 0.6) is 5.75 Å². The third-order valence-electron chi connectivity index (χ3n) is 6.74. The summed E-state index contributed by atoms with van der Waals surface area (Å²) in [5.41, 5.74) is 6.84. The van der Waals surface area contributed by atoms with Gasteiger partial charge in [0, 0.05) is 5.56 Å². The van der Waals surface area contributed by atoms with E-state index >= 15 is 0 Å². The predicted octanol–water partition coefficient (Wildman–Crippen LogP) is 5.61. The lowest BCUT2D eigenvalue weighted by Crippen LogP contribution is -2.34. The zero-order chi connectivity index (χ0) is 21.8. The minimum Gasteiger partial charge on any atom is -0.507 e. The highest BCUT2D eigenvalue weighted by Gasteiger charge is 2.37. The van der Waals surface area contributed by atoms with E-state index in [0.29, 0.717) is 6.42 Å². The van der Waals surface area contributed by atoms with Gasteiger partial charge in [-0.05, 0) is 83.0 Å². The van der Waals surface area contributed by atoms with Crippen molar-refractivity contribution < 1.29 is 14.7 Å². The van der Waals surface area contributed by atoms with E-state index in [1.54, 1.807) is 6.07 Å². The molecule has 1 fully saturated rings. The van der Waals surface area contributed by atoms with Crippen LogP contribution in [-0.2, 0) is 22.0 Å². The number of imide groups is 1. The molecule has 2 aromatic carbocycles. The molecule has 1 heterocycles. The Kier molecular flexibility index (Phi) is 5.00. The molecular weight excluding hydrogens is 394 g/mol. The van der Waals surface area contributed by atoms with E-state index in [2.05, 4.69) is 52.1 Å². The summed E-state index contributed by atoms with van der Waals surface area (Å²) in [6, 6.07) is 10.0. The molecule has 2 aromatic rings. The van der Waals surface area contributed by atoms with Gasteiger partial charge >= 0.3 is 0 Å². The van der Waals surface area contributed by atoms with Crippen LogP contribution in [0.1, 0.15) is 62.8 Å². The normalized spacial score (nSPS) is 22.0. The van der Waals surface area contributed by atoms with Crippen molar-refractivity contribution in [3.8, 4) is 16.9 Å². The Labute approximate surface area is 182 Å². The molecule has 0 radical (unpaired) electrons. The lowest BCUT2D eigenvalue weighted by Gasteiger charge is -2.42. The van der Waals surface area contributed by atoms with Crippen LogP contribution in [0, 0.1) is 6.92 Å². The molecule has 4 rings (SSSR count). The number of hydrogen-bond donors (Lipinski definition) is 2. The number of carbonyl (C=O) groups is 2. The quantitative estimate of drug-likeness (QED) is 0.673. The molecule has 5 heteroatoms. The highest BCUT2D eigenvalue weighted by molar-refractivity contribution is 8.15. The highest BCUT2D eigenvalue weighted by Crippen LogP contribution is 2.48. The molecule has 2 N–H and O–H groups in total. The summed E-state index contributed by atoms with van der Waals surface area (Å²) in [5.74, 6) is -0.0113. The molecule has 1 aliphatic carbocycles. The van der Waals surface area contributed by atoms with E-state index in [1.807, 2.05) is 12.1 Å². The number of aryl methyl sites for hydroxylation is 1. The van der Waals surface area contributed by atoms with E-state index in [0.717, 1.165) is 46.9 Å². The Morgan fingerprint density at radius 3 is 2.23 bits per heavy atom. The van der Waals surface area contributed by atoms with Gasteiger partial charge in [0.2, 0.25) is 5.91 Å². The monoisotopic (exact) mass is 423 g/mol. The average molecular weight is 424 g/mol. The minimum atomic E-state index is -0.417. The second kappa shape index (κ2) is 7.16. The lowest BCUT2D eigenvalue weighted by molar-refractivity contribution is -0.118. The van der Waals surface area contributed by atoms with Gasteiger partial charge in [0.25, 0.3) is 5.24 Å². The first kappa shape index (κ1) is 21.0. The van der Waals surface area contributed by atoms with Crippen molar-refractivity contribution in [2.75, 3.05) is 0 Å². The maximum absolute atomic E-state index is 12.0. The van der Waals surface area contributed by atoms with Crippen LogP contribution in [0.3, 0.4) is 0 Å². The molecule has 0 aromatic heterocycles. The van der Waals surface area contributed by atoms with Crippen LogP contribution in [0.15, 0.2) is 30.3 Å². The van der Waals surface area contributed by atoms with Crippen molar-refractivity contribution in [1.82, 2.24) is 5.32 Å². The van der Waals surface area contributed by atoms with Crippen molar-refractivity contribution in [3.05, 3.63) is 52.6 Å². The summed E-state index contributed by atoms with van der Waals surface area (Å²) in [5, 5.41) is 12.3. The SMILES string of the molecule is Cc1cc2c(cc1-c1cc(CC3SC(=O)NC3=O)ccc1O)C(C)(C)CCC2(C)C. The molecule has 4 nitrogen and oxygen atoms in total. The fourth-order valence-electron chi connectivity index (χ4n) is 4.68. The summed E-state index contributed by atoms with van der Waals surface area (Å²) in [6.07, 6.45) is 2.74. The summed E-state index contributed by atoms with van der Waals surface area (Å²) < 4.78 is 0. The predicted molar refractivity (Wildman–Crippen MR) is 122 cm³/mol. The maximum atomic E-state index is 12.0. The molecule has 0 spiro atoms. The molecule has 2 amide bonds. The van der Waals surface area contributed by atoms with Gasteiger partial charge < -0.3 is 5.11 Å². The van der Waals surface area contributed by atoms with E-state index in [1.165, 1.54) is 11.1 Å². The second-order valence-electron chi connectivity index (χ2n) is 9.92. The number of aromatic hydroxyl groups is 1. The largest absolute Gasteiger partial charge is 0.507 e. The van der Waals surface area contributed by atoms with Gasteiger partial charge in [-0.3, -0.25) is 14.9 Å². The smallest absolute Gasteiger partial charge is 0.286 e. The zero-order valence-electron chi connectivity index (χ0n) is 18.3. The number of carbonyl (C=O) groups excluding carboxylic acids is 2. The van der Waals surface area contributed by atoms with Crippen LogP contribution < -0.4 is 5.32 Å². The Hall–Kier alpha value is -2.27. The minimum absolute atomic E-state index is 0.0828. The Morgan fingerprint density at radius 1 is 1.00 bits per heavy atom. The van der Waals surface area contributed by atoms with Gasteiger partial charge in [-0.2, -0.15) is 0 Å². The first-order valence-corrected chi connectivity index (χ1v) is 11.4. The number of thioether (sulfide) groups is 1. The second-order valence-corrected chi connectivity index (χ2v) is 11.1. The van der Waals surface area contributed by atoms with Crippen molar-refractivity contribution in [2.45, 2.75) is 70.0 Å². The van der Waals surface area contributed by atoms with Gasteiger partial charge in [-0.15, -0.1) is 0 Å². The fraction of sp³-hybridized carbons (Fsp3) is 0.440. The summed E-state index contributed by atoms with van der Waals surface area (Å²) >= 11 is 1.03. The molecule has 2 aliphatic rings. The van der Waals surface area contributed by atoms with Crippen molar-refractivity contribution >= 4 is 22.9 Å². The van der Waals surface area contributed by atoms with Crippen LogP contribution in [0.25, 0.3) is 11.1 Å². The highest BCUT2D eigenvalue weighted by atomic mass is 32.2. The number of amides is 2. The number of phenolic OH excluding ortho intramolecular Hbond substituents is 1. The molecule has 30 heavy (non-hydrogen) atoms. The van der Waals surface area contributed by atoms with Crippen LogP contribution in [0.4, 0.5) is 4.79 Å². The third-order valence-corrected chi connectivity index (χ3v) is 7.72. The molecule has 158 valence electrons. The van der Waals surface area contributed by atoms with Gasteiger partial charge in [-0.1, -0.05) is 51.6 Å². The fourth-order valence-corrected chi connectivity index (χ4v) is 5.54. The standard InChI is InChI=1S/C25H29NO3S/c1-14-10-18-19(25(4,5)9-8-24(18,2)3)13-16(14)17-11-15(6-7-20(17)27)12-21-22(28)26-23(29)30-21/h6-7,10-11,13,21,27H,8-9,12H2,1-5H3,(H,26,28,29). The molecular formula is C25H29NO3S. The van der Waals surface area contributed by atoms with E-state index in [4.69, 9.17) is 0 Å². The third kappa shape index (κ3) is 3.64. The van der Waals surface area contributed by atoms with Gasteiger partial charge in [-0.25, -0.2) is 0 Å². The summed E-state index contributed by atoms with van der Waals surface area (Å²) in [4.78, 5) is 23.4. The number of fused-ring (bicyclic) bond motifs is 1. The van der Waals surface area contributed by atoms with Crippen molar-refractivity contribution in [1.29, 1.82) is 0 Å². The number of benzene rings is 2. The Bertz CT molecular complexity index is 1050. The number of phenols is 1. The lowest BCUT2D eigenvalue weighted by atomic mass is 9.62. The Morgan fingerprint density at radius 2 is 1.63 bits per heavy atom. The molecule has 1 unspecified atom stereocenters. The maximum Gasteiger partial charge on any atom is 0.286 e. The van der Waals surface area contributed by atoms with Crippen LogP contribution in [-0.4, -0.2) is 21.5 Å². The van der Waals surface area contributed by atoms with Crippen molar-refractivity contribution in [2.24, 2.45) is 0 Å². The first-order valence-electron chi connectivity index (χ1n) is 10.5. The van der Waals surface area contributed by atoms with E-state index in [9.17, 15) is 14.7 Å². The first-order chi connectivity index (χ1) is 14.0. The average Bonchev–Trinajstić information content (AvgIpc) is 2.97. The zero-order valence-corrected chi connectivity index (χ0v) is 19.1. The van der Waals surface area contributed by atoms with E-state index in [-0.39, 0.29) is 27.7 Å². The van der Waals surface area contributed by atoms with Gasteiger partial charge in [0.1, 0.15) is 5.75 Å². The molecule has 0 bridgehead atoms. The number of nitrogens with one attached hydrogen (secondary N) is 1. The van der Waals surface area contributed by atoms with Gasteiger partial charge in [0.05, 0.1) is 5.25 Å². The topological polar surface area (TPSA) is 66.4 Å².